The van der Waals surface area contributed by atoms with Crippen LogP contribution in [0.5, 0.6) is 17.2 Å². The van der Waals surface area contributed by atoms with Crippen LogP contribution in [-0.4, -0.2) is 50.2 Å². The predicted molar refractivity (Wildman–Crippen MR) is 103 cm³/mol. The van der Waals surface area contributed by atoms with Gasteiger partial charge in [-0.1, -0.05) is 0 Å². The van der Waals surface area contributed by atoms with Crippen molar-refractivity contribution in [2.75, 3.05) is 12.4 Å². The van der Waals surface area contributed by atoms with E-state index in [4.69, 9.17) is 14.2 Å². The van der Waals surface area contributed by atoms with E-state index in [1.165, 1.54) is 36.4 Å². The molecule has 1 aliphatic rings. The molecule has 2 aromatic rings. The van der Waals surface area contributed by atoms with Crippen molar-refractivity contribution in [1.82, 2.24) is 0 Å². The van der Waals surface area contributed by atoms with Gasteiger partial charge < -0.3 is 24.1 Å². The van der Waals surface area contributed by atoms with Crippen LogP contribution in [0.2, 0.25) is 0 Å². The van der Waals surface area contributed by atoms with Crippen LogP contribution in [0.1, 0.15) is 13.8 Å². The van der Waals surface area contributed by atoms with Crippen molar-refractivity contribution >= 4 is 9.84 Å². The molecule has 0 saturated carbocycles. The standard InChI is InChI=1S/C20H21F3O7S/c1-19(2)27-11-18(30-19)17(24)12-31(25,26)16-9-7-14(8-10-16)28-13-3-5-15(6-4-13)29-20(21,22)23/h3-10,17-18,24H,11-12H2,1-2H3/t17-,18-/m1/s1. The Morgan fingerprint density at radius 2 is 1.58 bits per heavy atom. The van der Waals surface area contributed by atoms with Crippen LogP contribution >= 0.6 is 0 Å². The molecule has 2 aromatic carbocycles. The van der Waals surface area contributed by atoms with E-state index in [0.29, 0.717) is 0 Å². The number of halogens is 3. The molecule has 1 aliphatic heterocycles. The maximum Gasteiger partial charge on any atom is 0.573 e. The lowest BCUT2D eigenvalue weighted by Gasteiger charge is -2.20. The Hall–Kier alpha value is -2.34. The number of hydrogen-bond donors (Lipinski definition) is 1. The number of rotatable bonds is 7. The summed E-state index contributed by atoms with van der Waals surface area (Å²) in [4.78, 5) is -0.0222. The molecule has 0 spiro atoms. The molecule has 7 nitrogen and oxygen atoms in total. The van der Waals surface area contributed by atoms with Crippen LogP contribution in [0.3, 0.4) is 0 Å². The second kappa shape index (κ2) is 8.65. The number of hydrogen-bond acceptors (Lipinski definition) is 7. The Balaban J connectivity index is 1.61. The van der Waals surface area contributed by atoms with Gasteiger partial charge in [-0.2, -0.15) is 0 Å². The normalized spacial score (nSPS) is 19.7. The molecule has 170 valence electrons. The van der Waals surface area contributed by atoms with Gasteiger partial charge in [0.2, 0.25) is 0 Å². The first-order chi connectivity index (χ1) is 14.3. The van der Waals surface area contributed by atoms with Crippen molar-refractivity contribution in [2.24, 2.45) is 0 Å². The monoisotopic (exact) mass is 462 g/mol. The smallest absolute Gasteiger partial charge is 0.457 e. The van der Waals surface area contributed by atoms with E-state index < -0.39 is 39.9 Å². The third-order valence-electron chi connectivity index (χ3n) is 4.33. The van der Waals surface area contributed by atoms with Gasteiger partial charge in [-0.3, -0.25) is 0 Å². The van der Waals surface area contributed by atoms with E-state index in [1.807, 2.05) is 0 Å². The third-order valence-corrected chi connectivity index (χ3v) is 6.10. The summed E-state index contributed by atoms with van der Waals surface area (Å²) in [5.74, 6) is -1.30. The van der Waals surface area contributed by atoms with Gasteiger partial charge in [0.15, 0.2) is 15.6 Å². The minimum atomic E-state index is -4.79. The summed E-state index contributed by atoms with van der Waals surface area (Å²) >= 11 is 0. The zero-order valence-corrected chi connectivity index (χ0v) is 17.4. The quantitative estimate of drug-likeness (QED) is 0.672. The molecule has 31 heavy (non-hydrogen) atoms. The number of sulfone groups is 1. The van der Waals surface area contributed by atoms with E-state index in [9.17, 15) is 26.7 Å². The van der Waals surface area contributed by atoms with Gasteiger partial charge in [0, 0.05) is 0 Å². The SMILES string of the molecule is CC1(C)OC[C@H]([C@H](O)CS(=O)(=O)c2ccc(Oc3ccc(OC(F)(F)F)cc3)cc2)O1. The number of benzene rings is 2. The van der Waals surface area contributed by atoms with Crippen molar-refractivity contribution in [3.8, 4) is 17.2 Å². The topological polar surface area (TPSA) is 91.3 Å². The molecule has 3 rings (SSSR count). The van der Waals surface area contributed by atoms with Crippen molar-refractivity contribution in [1.29, 1.82) is 0 Å². The average molecular weight is 462 g/mol. The second-order valence-corrected chi connectivity index (χ2v) is 9.34. The van der Waals surface area contributed by atoms with Crippen molar-refractivity contribution in [3.63, 3.8) is 0 Å². The van der Waals surface area contributed by atoms with Crippen LogP contribution < -0.4 is 9.47 Å². The Morgan fingerprint density at radius 3 is 2.06 bits per heavy atom. The van der Waals surface area contributed by atoms with Gasteiger partial charge >= 0.3 is 6.36 Å². The number of alkyl halides is 3. The summed E-state index contributed by atoms with van der Waals surface area (Å²) in [5.41, 5.74) is 0. The molecule has 1 heterocycles. The van der Waals surface area contributed by atoms with Gasteiger partial charge in [-0.25, -0.2) is 8.42 Å². The number of ether oxygens (including phenoxy) is 4. The highest BCUT2D eigenvalue weighted by atomic mass is 32.2. The zero-order chi connectivity index (χ0) is 22.9. The molecular formula is C20H21F3O7S. The summed E-state index contributed by atoms with van der Waals surface area (Å²) in [5, 5.41) is 10.2. The van der Waals surface area contributed by atoms with E-state index in [-0.39, 0.29) is 28.8 Å². The Morgan fingerprint density at radius 1 is 1.06 bits per heavy atom. The first kappa shape index (κ1) is 23.3. The first-order valence-electron chi connectivity index (χ1n) is 9.19. The summed E-state index contributed by atoms with van der Waals surface area (Å²) in [6.45, 7) is 3.43. The predicted octanol–water partition coefficient (Wildman–Crippen LogP) is 3.66. The van der Waals surface area contributed by atoms with E-state index in [1.54, 1.807) is 13.8 Å². The van der Waals surface area contributed by atoms with Crippen molar-refractivity contribution in [3.05, 3.63) is 48.5 Å². The van der Waals surface area contributed by atoms with E-state index >= 15 is 0 Å². The minimum absolute atomic E-state index is 0.0222. The van der Waals surface area contributed by atoms with Gasteiger partial charge in [-0.05, 0) is 62.4 Å². The van der Waals surface area contributed by atoms with E-state index in [2.05, 4.69) is 4.74 Å². The molecule has 1 saturated heterocycles. The summed E-state index contributed by atoms with van der Waals surface area (Å²) in [6, 6.07) is 10.2. The Kier molecular flexibility index (Phi) is 6.51. The average Bonchev–Trinajstić information content (AvgIpc) is 3.02. The van der Waals surface area contributed by atoms with Crippen molar-refractivity contribution in [2.45, 2.75) is 43.1 Å². The molecule has 11 heteroatoms. The highest BCUT2D eigenvalue weighted by Crippen LogP contribution is 2.29. The van der Waals surface area contributed by atoms with Crippen LogP contribution in [0.4, 0.5) is 13.2 Å². The highest BCUT2D eigenvalue weighted by molar-refractivity contribution is 7.91. The number of aliphatic hydroxyl groups is 1. The fraction of sp³-hybridized carbons (Fsp3) is 0.400. The lowest BCUT2D eigenvalue weighted by molar-refractivity contribution is -0.274. The molecule has 1 N–H and O–H groups in total. The highest BCUT2D eigenvalue weighted by Gasteiger charge is 2.38. The van der Waals surface area contributed by atoms with Crippen LogP contribution in [0.15, 0.2) is 53.4 Å². The van der Waals surface area contributed by atoms with Gasteiger partial charge in [0.05, 0.1) is 23.4 Å². The summed E-state index contributed by atoms with van der Waals surface area (Å²) in [7, 11) is -3.81. The van der Waals surface area contributed by atoms with Crippen molar-refractivity contribution < 1.29 is 45.6 Å². The molecule has 2 atom stereocenters. The molecule has 0 radical (unpaired) electrons. The minimum Gasteiger partial charge on any atom is -0.457 e. The first-order valence-corrected chi connectivity index (χ1v) is 10.8. The maximum absolute atomic E-state index is 12.6. The second-order valence-electron chi connectivity index (χ2n) is 7.31. The van der Waals surface area contributed by atoms with Crippen LogP contribution in [0.25, 0.3) is 0 Å². The fourth-order valence-electron chi connectivity index (χ4n) is 2.89. The number of aliphatic hydroxyl groups excluding tert-OH is 1. The van der Waals surface area contributed by atoms with Gasteiger partial charge in [-0.15, -0.1) is 13.2 Å². The lowest BCUT2D eigenvalue weighted by Crippen LogP contribution is -2.36. The Bertz CT molecular complexity index is 987. The molecule has 0 unspecified atom stereocenters. The largest absolute Gasteiger partial charge is 0.573 e. The van der Waals surface area contributed by atoms with Gasteiger partial charge in [0.25, 0.3) is 0 Å². The van der Waals surface area contributed by atoms with Crippen LogP contribution in [0, 0.1) is 0 Å². The maximum atomic E-state index is 12.6. The molecule has 0 aliphatic carbocycles. The molecular weight excluding hydrogens is 441 g/mol. The molecule has 0 aromatic heterocycles. The molecule has 0 bridgehead atoms. The fourth-order valence-corrected chi connectivity index (χ4v) is 4.30. The van der Waals surface area contributed by atoms with Crippen LogP contribution in [-0.2, 0) is 19.3 Å². The molecule has 0 amide bonds. The molecule has 1 fully saturated rings. The van der Waals surface area contributed by atoms with Gasteiger partial charge in [0.1, 0.15) is 23.4 Å². The summed E-state index contributed by atoms with van der Waals surface area (Å²) < 4.78 is 81.8. The third kappa shape index (κ3) is 6.57. The lowest BCUT2D eigenvalue weighted by atomic mass is 10.2. The zero-order valence-electron chi connectivity index (χ0n) is 16.6. The Labute approximate surface area is 177 Å². The summed E-state index contributed by atoms with van der Waals surface area (Å²) in [6.07, 6.45) is -6.80. The van der Waals surface area contributed by atoms with E-state index in [0.717, 1.165) is 12.1 Å².